The van der Waals surface area contributed by atoms with Gasteiger partial charge in [-0.15, -0.1) is 0 Å². The summed E-state index contributed by atoms with van der Waals surface area (Å²) in [5.41, 5.74) is 3.47. The van der Waals surface area contributed by atoms with E-state index >= 15 is 0 Å². The molecule has 2 N–H and O–H groups in total. The molecule has 3 aromatic rings. The Kier molecular flexibility index (Phi) is 5.67. The Morgan fingerprint density at radius 3 is 2.38 bits per heavy atom. The van der Waals surface area contributed by atoms with Gasteiger partial charge < -0.3 is 24.8 Å². The summed E-state index contributed by atoms with van der Waals surface area (Å²) in [6.45, 7) is 3.75. The number of aryl methyl sites for hydroxylation is 1. The van der Waals surface area contributed by atoms with Crippen molar-refractivity contribution in [3.63, 3.8) is 0 Å². The number of ether oxygens (including phenoxy) is 3. The van der Waals surface area contributed by atoms with Crippen molar-refractivity contribution in [3.8, 4) is 17.2 Å². The zero-order valence-electron chi connectivity index (χ0n) is 18.5. The fraction of sp³-hybridized carbons (Fsp3) is 0.273. The second kappa shape index (κ2) is 8.58. The molecule has 0 unspecified atom stereocenters. The van der Waals surface area contributed by atoms with E-state index in [4.69, 9.17) is 14.2 Å². The zero-order valence-corrected chi connectivity index (χ0v) is 18.5. The maximum atomic E-state index is 13.5. The molecule has 10 heteroatoms. The Morgan fingerprint density at radius 1 is 1.06 bits per heavy atom. The van der Waals surface area contributed by atoms with Crippen LogP contribution in [0.1, 0.15) is 24.1 Å². The number of methoxy groups -OCH3 is 3. The van der Waals surface area contributed by atoms with Gasteiger partial charge in [-0.3, -0.25) is 4.79 Å². The quantitative estimate of drug-likeness (QED) is 0.607. The van der Waals surface area contributed by atoms with E-state index in [0.717, 1.165) is 11.3 Å². The summed E-state index contributed by atoms with van der Waals surface area (Å²) in [4.78, 5) is 13.5. The Labute approximate surface area is 185 Å². The number of hydrogen-bond donors (Lipinski definition) is 2. The first-order valence-electron chi connectivity index (χ1n) is 9.91. The molecular formula is C22H24N6O4. The number of carbonyl (C=O) groups excluding carboxylic acids is 1. The number of nitrogens with one attached hydrogen (secondary N) is 2. The standard InChI is InChI=1S/C22H24N6O4/c1-12-8-6-7-9-15(12)24-21(29)18-13(2)23-22-25-26-27-28(22)19(18)14-10-16(30-3)20(32-5)17(11-14)31-4/h6-11,19H,1-5H3,(H,24,29)(H,23,25,27)/t19-/m1/s1. The van der Waals surface area contributed by atoms with Crippen molar-refractivity contribution < 1.29 is 19.0 Å². The molecule has 166 valence electrons. The van der Waals surface area contributed by atoms with Crippen LogP contribution < -0.4 is 24.8 Å². The van der Waals surface area contributed by atoms with Crippen molar-refractivity contribution in [2.45, 2.75) is 19.9 Å². The molecule has 1 amide bonds. The Morgan fingerprint density at radius 2 is 1.75 bits per heavy atom. The van der Waals surface area contributed by atoms with Crippen molar-refractivity contribution in [2.24, 2.45) is 0 Å². The molecule has 0 saturated heterocycles. The zero-order chi connectivity index (χ0) is 22.8. The maximum Gasteiger partial charge on any atom is 0.255 e. The lowest BCUT2D eigenvalue weighted by atomic mass is 9.94. The molecule has 2 heterocycles. The molecular weight excluding hydrogens is 412 g/mol. The molecule has 32 heavy (non-hydrogen) atoms. The van der Waals surface area contributed by atoms with Crippen LogP contribution in [0.3, 0.4) is 0 Å². The van der Waals surface area contributed by atoms with Crippen molar-refractivity contribution in [2.75, 3.05) is 32.0 Å². The number of nitrogens with zero attached hydrogens (tertiary/aromatic N) is 4. The number of fused-ring (bicyclic) bond motifs is 1. The van der Waals surface area contributed by atoms with Gasteiger partial charge in [0.15, 0.2) is 11.5 Å². The first-order valence-corrected chi connectivity index (χ1v) is 9.91. The summed E-state index contributed by atoms with van der Waals surface area (Å²) in [6, 6.07) is 10.5. The molecule has 1 aromatic heterocycles. The summed E-state index contributed by atoms with van der Waals surface area (Å²) in [7, 11) is 4.62. The molecule has 0 aliphatic carbocycles. The van der Waals surface area contributed by atoms with Gasteiger partial charge in [-0.05, 0) is 53.6 Å². The first-order chi connectivity index (χ1) is 15.5. The molecule has 4 rings (SSSR count). The highest BCUT2D eigenvalue weighted by Gasteiger charge is 2.35. The SMILES string of the molecule is COc1cc([C@@H]2C(C(=O)Nc3ccccc3C)=C(C)Nc3nnnn32)cc(OC)c1OC. The van der Waals surface area contributed by atoms with Crippen molar-refractivity contribution in [1.82, 2.24) is 20.2 Å². The highest BCUT2D eigenvalue weighted by Crippen LogP contribution is 2.43. The monoisotopic (exact) mass is 436 g/mol. The predicted molar refractivity (Wildman–Crippen MR) is 118 cm³/mol. The van der Waals surface area contributed by atoms with E-state index in [0.29, 0.717) is 40.0 Å². The minimum Gasteiger partial charge on any atom is -0.493 e. The summed E-state index contributed by atoms with van der Waals surface area (Å²) in [5.74, 6) is 1.53. The summed E-state index contributed by atoms with van der Waals surface area (Å²) < 4.78 is 18.0. The van der Waals surface area contributed by atoms with Crippen LogP contribution in [0.2, 0.25) is 0 Å². The van der Waals surface area contributed by atoms with E-state index in [1.54, 1.807) is 31.0 Å². The van der Waals surface area contributed by atoms with Crippen LogP contribution in [0.5, 0.6) is 17.2 Å². The minimum absolute atomic E-state index is 0.274. The fourth-order valence-electron chi connectivity index (χ4n) is 3.78. The van der Waals surface area contributed by atoms with Gasteiger partial charge in [0, 0.05) is 11.4 Å². The van der Waals surface area contributed by atoms with Gasteiger partial charge in [0.1, 0.15) is 6.04 Å². The average Bonchev–Trinajstić information content (AvgIpc) is 3.26. The normalized spacial score (nSPS) is 15.0. The van der Waals surface area contributed by atoms with Crippen molar-refractivity contribution in [1.29, 1.82) is 0 Å². The van der Waals surface area contributed by atoms with E-state index in [2.05, 4.69) is 26.2 Å². The van der Waals surface area contributed by atoms with Gasteiger partial charge in [0.25, 0.3) is 5.91 Å². The third-order valence-electron chi connectivity index (χ3n) is 5.35. The van der Waals surface area contributed by atoms with Gasteiger partial charge in [0.2, 0.25) is 11.7 Å². The molecule has 1 aliphatic heterocycles. The number of amides is 1. The smallest absolute Gasteiger partial charge is 0.255 e. The molecule has 0 saturated carbocycles. The van der Waals surface area contributed by atoms with Crippen molar-refractivity contribution >= 4 is 17.5 Å². The number of anilines is 2. The first kappa shape index (κ1) is 21.2. The van der Waals surface area contributed by atoms with Gasteiger partial charge >= 0.3 is 0 Å². The molecule has 1 aliphatic rings. The van der Waals surface area contributed by atoms with Gasteiger partial charge in [0.05, 0.1) is 26.9 Å². The predicted octanol–water partition coefficient (Wildman–Crippen LogP) is 2.93. The number of carbonyl (C=O) groups is 1. The third-order valence-corrected chi connectivity index (χ3v) is 5.35. The lowest BCUT2D eigenvalue weighted by Gasteiger charge is -2.29. The highest BCUT2D eigenvalue weighted by atomic mass is 16.5. The number of allylic oxidation sites excluding steroid dienone is 1. The van der Waals surface area contributed by atoms with Crippen LogP contribution >= 0.6 is 0 Å². The number of aromatic nitrogens is 4. The Hall–Kier alpha value is -4.08. The second-order valence-corrected chi connectivity index (χ2v) is 7.24. The van der Waals surface area contributed by atoms with E-state index in [9.17, 15) is 4.79 Å². The number of hydrogen-bond acceptors (Lipinski definition) is 8. The largest absolute Gasteiger partial charge is 0.493 e. The van der Waals surface area contributed by atoms with E-state index in [1.165, 1.54) is 7.11 Å². The van der Waals surface area contributed by atoms with Crippen molar-refractivity contribution in [3.05, 3.63) is 58.8 Å². The Bertz CT molecular complexity index is 1180. The molecule has 0 bridgehead atoms. The summed E-state index contributed by atoms with van der Waals surface area (Å²) in [6.07, 6.45) is 0. The molecule has 1 atom stereocenters. The van der Waals surface area contributed by atoms with Gasteiger partial charge in [-0.1, -0.05) is 23.3 Å². The Balaban J connectivity index is 1.85. The fourth-order valence-corrected chi connectivity index (χ4v) is 3.78. The molecule has 10 nitrogen and oxygen atoms in total. The van der Waals surface area contributed by atoms with Crippen LogP contribution in [0.25, 0.3) is 0 Å². The van der Waals surface area contributed by atoms with Crippen LogP contribution in [0, 0.1) is 6.92 Å². The minimum atomic E-state index is -0.626. The maximum absolute atomic E-state index is 13.5. The van der Waals surface area contributed by atoms with Crippen LogP contribution in [-0.2, 0) is 4.79 Å². The van der Waals surface area contributed by atoms with E-state index < -0.39 is 6.04 Å². The molecule has 0 spiro atoms. The lowest BCUT2D eigenvalue weighted by Crippen LogP contribution is -2.31. The summed E-state index contributed by atoms with van der Waals surface area (Å²) in [5, 5.41) is 18.1. The number of tetrazole rings is 1. The van der Waals surface area contributed by atoms with E-state index in [-0.39, 0.29) is 5.91 Å². The number of para-hydroxylation sites is 1. The highest BCUT2D eigenvalue weighted by molar-refractivity contribution is 6.06. The van der Waals surface area contributed by atoms with E-state index in [1.807, 2.05) is 38.1 Å². The molecule has 2 aromatic carbocycles. The average molecular weight is 436 g/mol. The lowest BCUT2D eigenvalue weighted by molar-refractivity contribution is -0.113. The van der Waals surface area contributed by atoms with Crippen LogP contribution in [0.15, 0.2) is 47.7 Å². The second-order valence-electron chi connectivity index (χ2n) is 7.24. The number of rotatable bonds is 6. The molecule has 0 radical (unpaired) electrons. The summed E-state index contributed by atoms with van der Waals surface area (Å²) >= 11 is 0. The van der Waals surface area contributed by atoms with Crippen LogP contribution in [0.4, 0.5) is 11.6 Å². The van der Waals surface area contributed by atoms with Crippen LogP contribution in [-0.4, -0.2) is 47.4 Å². The van der Waals surface area contributed by atoms with Gasteiger partial charge in [-0.25, -0.2) is 0 Å². The third kappa shape index (κ3) is 3.59. The molecule has 0 fully saturated rings. The number of benzene rings is 2. The van der Waals surface area contributed by atoms with Gasteiger partial charge in [-0.2, -0.15) is 4.68 Å². The topological polar surface area (TPSA) is 112 Å².